The molecular formula is C10H8N4O5. The van der Waals surface area contributed by atoms with Crippen molar-refractivity contribution in [1.29, 1.82) is 0 Å². The fraction of sp³-hybridized carbons (Fsp3) is 0.100. The van der Waals surface area contributed by atoms with Crippen LogP contribution in [0.4, 0.5) is 11.5 Å². The Bertz CT molecular complexity index is 634. The molecule has 0 spiro atoms. The van der Waals surface area contributed by atoms with Gasteiger partial charge in [0.15, 0.2) is 6.54 Å². The third-order valence-corrected chi connectivity index (χ3v) is 2.52. The van der Waals surface area contributed by atoms with Crippen LogP contribution in [0.3, 0.4) is 0 Å². The summed E-state index contributed by atoms with van der Waals surface area (Å²) in [6.07, 6.45) is 1.03. The van der Waals surface area contributed by atoms with Crippen LogP contribution in [0.2, 0.25) is 0 Å². The van der Waals surface area contributed by atoms with Gasteiger partial charge in [-0.2, -0.15) is 0 Å². The zero-order valence-corrected chi connectivity index (χ0v) is 9.50. The van der Waals surface area contributed by atoms with Crippen molar-refractivity contribution in [1.82, 2.24) is 4.68 Å². The summed E-state index contributed by atoms with van der Waals surface area (Å²) >= 11 is 0. The van der Waals surface area contributed by atoms with Gasteiger partial charge in [0, 0.05) is 22.4 Å². The first-order chi connectivity index (χ1) is 8.99. The fourth-order valence-electron chi connectivity index (χ4n) is 1.60. The number of non-ortho nitro benzene ring substituents is 1. The van der Waals surface area contributed by atoms with Gasteiger partial charge in [-0.15, -0.1) is 0 Å². The molecule has 1 aromatic heterocycles. The smallest absolute Gasteiger partial charge is 0.384 e. The van der Waals surface area contributed by atoms with E-state index in [2.05, 4.69) is 0 Å². The lowest BCUT2D eigenvalue weighted by molar-refractivity contribution is -0.697. The minimum absolute atomic E-state index is 0.0369. The van der Waals surface area contributed by atoms with Crippen molar-refractivity contribution in [3.63, 3.8) is 0 Å². The van der Waals surface area contributed by atoms with Gasteiger partial charge in [-0.05, 0) is 21.9 Å². The maximum atomic E-state index is 11.4. The minimum atomic E-state index is -0.667. The van der Waals surface area contributed by atoms with E-state index in [1.807, 2.05) is 0 Å². The van der Waals surface area contributed by atoms with Crippen molar-refractivity contribution in [2.45, 2.75) is 6.54 Å². The number of benzene rings is 1. The van der Waals surface area contributed by atoms with Gasteiger partial charge in [-0.1, -0.05) is 0 Å². The first-order valence-electron chi connectivity index (χ1n) is 5.16. The van der Waals surface area contributed by atoms with Crippen LogP contribution in [0, 0.1) is 25.4 Å². The first kappa shape index (κ1) is 12.5. The van der Waals surface area contributed by atoms with Crippen LogP contribution in [-0.4, -0.2) is 14.5 Å². The summed E-state index contributed by atoms with van der Waals surface area (Å²) in [5.74, 6) is -0.339. The number of nitro benzene ring substituents is 1. The predicted octanol–water partition coefficient (Wildman–Crippen LogP) is 0.986. The molecule has 9 heteroatoms. The van der Waals surface area contributed by atoms with Crippen molar-refractivity contribution in [3.8, 4) is 0 Å². The average Bonchev–Trinajstić information content (AvgIpc) is 2.72. The second-order valence-corrected chi connectivity index (χ2v) is 3.71. The zero-order valence-electron chi connectivity index (χ0n) is 9.50. The molecule has 0 saturated heterocycles. The second-order valence-electron chi connectivity index (χ2n) is 3.71. The van der Waals surface area contributed by atoms with E-state index in [-0.39, 0.29) is 18.1 Å². The van der Waals surface area contributed by atoms with Gasteiger partial charge >= 0.3 is 5.82 Å². The van der Waals surface area contributed by atoms with Gasteiger partial charge in [0.1, 0.15) is 6.07 Å². The summed E-state index contributed by atoms with van der Waals surface area (Å²) in [6, 6.07) is 6.54. The van der Waals surface area contributed by atoms with Crippen molar-refractivity contribution in [3.05, 3.63) is 67.5 Å². The molecule has 0 fully saturated rings. The standard InChI is InChI=1S/C10H8N4O5/c15-12-6-5-10(14(18)19)11(12)7-8-1-3-9(4-2-8)13(16)17/h1-6H,7H2. The number of nitrogens with zero attached hydrogens (tertiary/aromatic N) is 4. The van der Waals surface area contributed by atoms with Crippen LogP contribution in [-0.2, 0) is 6.54 Å². The zero-order chi connectivity index (χ0) is 14.0. The van der Waals surface area contributed by atoms with E-state index >= 15 is 0 Å². The molecule has 0 aliphatic heterocycles. The Balaban J connectivity index is 2.28. The normalized spacial score (nSPS) is 10.3. The fourth-order valence-corrected chi connectivity index (χ4v) is 1.60. The molecule has 2 aromatic rings. The highest BCUT2D eigenvalue weighted by Crippen LogP contribution is 2.15. The molecule has 9 nitrogen and oxygen atoms in total. The number of aromatic nitrogens is 2. The highest BCUT2D eigenvalue weighted by Gasteiger charge is 2.22. The van der Waals surface area contributed by atoms with Crippen LogP contribution >= 0.6 is 0 Å². The number of hydrogen-bond donors (Lipinski definition) is 0. The van der Waals surface area contributed by atoms with Gasteiger partial charge in [0.2, 0.25) is 6.20 Å². The van der Waals surface area contributed by atoms with E-state index in [4.69, 9.17) is 0 Å². The SMILES string of the molecule is O=[N+]([O-])c1ccc(Cn2c([N+](=O)[O-])cc[n+]2[O-])cc1. The summed E-state index contributed by atoms with van der Waals surface area (Å²) < 4.78 is 0.918. The largest absolute Gasteiger partial charge is 0.580 e. The molecule has 1 aromatic carbocycles. The van der Waals surface area contributed by atoms with Gasteiger partial charge in [-0.3, -0.25) is 10.1 Å². The number of hydrogen-bond acceptors (Lipinski definition) is 5. The Kier molecular flexibility index (Phi) is 3.10. The lowest BCUT2D eigenvalue weighted by Gasteiger charge is -2.00. The Morgan fingerprint density at radius 3 is 2.21 bits per heavy atom. The molecule has 0 bridgehead atoms. The molecule has 0 unspecified atom stereocenters. The van der Waals surface area contributed by atoms with E-state index in [1.54, 1.807) is 0 Å². The quantitative estimate of drug-likeness (QED) is 0.353. The molecular weight excluding hydrogens is 256 g/mol. The molecule has 0 aliphatic carbocycles. The monoisotopic (exact) mass is 264 g/mol. The molecule has 0 radical (unpaired) electrons. The van der Waals surface area contributed by atoms with E-state index in [0.29, 0.717) is 10.4 Å². The summed E-state index contributed by atoms with van der Waals surface area (Å²) in [5.41, 5.74) is 0.468. The van der Waals surface area contributed by atoms with Gasteiger partial charge < -0.3 is 15.3 Å². The molecule has 1 heterocycles. The maximum absolute atomic E-state index is 11.4. The van der Waals surface area contributed by atoms with Crippen LogP contribution in [0.5, 0.6) is 0 Å². The van der Waals surface area contributed by atoms with Gasteiger partial charge in [0.25, 0.3) is 5.69 Å². The molecule has 98 valence electrons. The highest BCUT2D eigenvalue weighted by molar-refractivity contribution is 5.33. The molecule has 0 amide bonds. The second kappa shape index (κ2) is 4.72. The lowest BCUT2D eigenvalue weighted by atomic mass is 10.2. The maximum Gasteiger partial charge on any atom is 0.384 e. The van der Waals surface area contributed by atoms with Crippen LogP contribution in [0.15, 0.2) is 36.5 Å². The Labute approximate surface area is 106 Å². The Hall–Kier alpha value is -2.97. The highest BCUT2D eigenvalue weighted by atomic mass is 16.6. The summed E-state index contributed by atoms with van der Waals surface area (Å²) in [7, 11) is 0. The van der Waals surface area contributed by atoms with E-state index < -0.39 is 9.85 Å². The molecule has 0 N–H and O–H groups in total. The number of nitro groups is 2. The van der Waals surface area contributed by atoms with Crippen molar-refractivity contribution >= 4 is 11.5 Å². The van der Waals surface area contributed by atoms with Gasteiger partial charge in [0.05, 0.1) is 4.92 Å². The summed E-state index contributed by atoms with van der Waals surface area (Å²) in [5, 5.41) is 32.6. The number of rotatable bonds is 4. The molecule has 2 rings (SSSR count). The third kappa shape index (κ3) is 2.49. The van der Waals surface area contributed by atoms with Crippen LogP contribution < -0.4 is 4.85 Å². The molecule has 0 atom stereocenters. The molecule has 19 heavy (non-hydrogen) atoms. The third-order valence-electron chi connectivity index (χ3n) is 2.52. The first-order valence-corrected chi connectivity index (χ1v) is 5.16. The molecule has 0 saturated carbocycles. The Morgan fingerprint density at radius 1 is 1.05 bits per heavy atom. The van der Waals surface area contributed by atoms with E-state index in [9.17, 15) is 25.4 Å². The lowest BCUT2D eigenvalue weighted by Crippen LogP contribution is -2.37. The van der Waals surface area contributed by atoms with Crippen molar-refractivity contribution in [2.24, 2.45) is 0 Å². The van der Waals surface area contributed by atoms with Crippen LogP contribution in [0.1, 0.15) is 5.56 Å². The average molecular weight is 264 g/mol. The van der Waals surface area contributed by atoms with Crippen molar-refractivity contribution < 1.29 is 14.7 Å². The minimum Gasteiger partial charge on any atom is -0.580 e. The van der Waals surface area contributed by atoms with E-state index in [1.165, 1.54) is 24.3 Å². The summed E-state index contributed by atoms with van der Waals surface area (Å²) in [6.45, 7) is -0.0369. The summed E-state index contributed by atoms with van der Waals surface area (Å²) in [4.78, 5) is 20.3. The topological polar surface area (TPSA) is 118 Å². The predicted molar refractivity (Wildman–Crippen MR) is 62.2 cm³/mol. The van der Waals surface area contributed by atoms with Crippen molar-refractivity contribution in [2.75, 3.05) is 0 Å². The Morgan fingerprint density at radius 2 is 1.68 bits per heavy atom. The van der Waals surface area contributed by atoms with Gasteiger partial charge in [-0.25, -0.2) is 0 Å². The molecule has 0 aliphatic rings. The van der Waals surface area contributed by atoms with E-state index in [0.717, 1.165) is 16.9 Å². The van der Waals surface area contributed by atoms with Crippen LogP contribution in [0.25, 0.3) is 0 Å².